The maximum absolute atomic E-state index is 10.9. The Kier molecular flexibility index (Phi) is 7.69. The fourth-order valence-electron chi connectivity index (χ4n) is 1.30. The molecule has 1 rings (SSSR count). The second-order valence-electron chi connectivity index (χ2n) is 2.95. The van der Waals surface area contributed by atoms with Gasteiger partial charge in [0.1, 0.15) is 0 Å². The smallest absolute Gasteiger partial charge is 0.219 e. The third-order valence-electron chi connectivity index (χ3n) is 2.03. The van der Waals surface area contributed by atoms with Crippen LogP contribution in [0.1, 0.15) is 40.0 Å². The molecular weight excluding hydrogens is 164 g/mol. The summed E-state index contributed by atoms with van der Waals surface area (Å²) in [7, 11) is 0. The van der Waals surface area contributed by atoms with Crippen molar-refractivity contribution in [2.45, 2.75) is 46.1 Å². The van der Waals surface area contributed by atoms with Gasteiger partial charge in [-0.3, -0.25) is 4.79 Å². The van der Waals surface area contributed by atoms with E-state index in [-0.39, 0.29) is 5.91 Å². The minimum Gasteiger partial charge on any atom is -0.353 e. The molecule has 1 saturated heterocycles. The van der Waals surface area contributed by atoms with E-state index in [1.165, 1.54) is 0 Å². The van der Waals surface area contributed by atoms with E-state index in [4.69, 9.17) is 0 Å². The predicted molar refractivity (Wildman–Crippen MR) is 55.7 cm³/mol. The van der Waals surface area contributed by atoms with Gasteiger partial charge in [-0.05, 0) is 25.9 Å². The molecule has 0 aliphatic carbocycles. The number of piperidine rings is 1. The molecule has 3 nitrogen and oxygen atoms in total. The van der Waals surface area contributed by atoms with E-state index in [0.29, 0.717) is 12.5 Å². The van der Waals surface area contributed by atoms with Crippen molar-refractivity contribution in [2.75, 3.05) is 13.1 Å². The molecule has 1 fully saturated rings. The molecule has 0 spiro atoms. The number of carbonyl (C=O) groups excluding carboxylic acids is 1. The lowest BCUT2D eigenvalue weighted by atomic mass is 10.1. The molecule has 1 heterocycles. The van der Waals surface area contributed by atoms with Crippen LogP contribution in [0.2, 0.25) is 0 Å². The van der Waals surface area contributed by atoms with Gasteiger partial charge in [-0.25, -0.2) is 0 Å². The highest BCUT2D eigenvalue weighted by Gasteiger charge is 2.13. The molecule has 0 saturated carbocycles. The van der Waals surface area contributed by atoms with E-state index in [0.717, 1.165) is 25.9 Å². The van der Waals surface area contributed by atoms with Gasteiger partial charge in [0.05, 0.1) is 0 Å². The van der Waals surface area contributed by atoms with Crippen molar-refractivity contribution in [2.24, 2.45) is 0 Å². The van der Waals surface area contributed by atoms with Crippen molar-refractivity contribution in [3.63, 3.8) is 0 Å². The zero-order chi connectivity index (χ0) is 10.1. The molecule has 2 N–H and O–H groups in total. The molecule has 0 atom stereocenters. The van der Waals surface area contributed by atoms with Gasteiger partial charge in [-0.1, -0.05) is 20.8 Å². The quantitative estimate of drug-likeness (QED) is 0.682. The molecule has 0 radical (unpaired) electrons. The third kappa shape index (κ3) is 5.64. The lowest BCUT2D eigenvalue weighted by Gasteiger charge is -2.23. The lowest BCUT2D eigenvalue weighted by molar-refractivity contribution is -0.121. The topological polar surface area (TPSA) is 41.1 Å². The summed E-state index contributed by atoms with van der Waals surface area (Å²) in [6, 6.07) is 0.420. The van der Waals surface area contributed by atoms with Gasteiger partial charge in [0.2, 0.25) is 5.91 Å². The molecule has 1 amide bonds. The zero-order valence-corrected chi connectivity index (χ0v) is 9.02. The summed E-state index contributed by atoms with van der Waals surface area (Å²) in [5, 5.41) is 6.24. The van der Waals surface area contributed by atoms with Crippen molar-refractivity contribution < 1.29 is 4.79 Å². The van der Waals surface area contributed by atoms with Crippen LogP contribution in [-0.2, 0) is 4.79 Å². The van der Waals surface area contributed by atoms with Crippen LogP contribution >= 0.6 is 0 Å². The number of carbonyl (C=O) groups is 1. The zero-order valence-electron chi connectivity index (χ0n) is 9.02. The van der Waals surface area contributed by atoms with Gasteiger partial charge >= 0.3 is 0 Å². The first-order chi connectivity index (χ1) is 6.33. The maximum Gasteiger partial charge on any atom is 0.219 e. The fraction of sp³-hybridized carbons (Fsp3) is 0.900. The summed E-state index contributed by atoms with van der Waals surface area (Å²) in [5.74, 6) is 0.178. The molecule has 13 heavy (non-hydrogen) atoms. The predicted octanol–water partition coefficient (Wildman–Crippen LogP) is 1.29. The SMILES string of the molecule is CC.CCC(=O)NC1CCNCC1. The fourth-order valence-corrected chi connectivity index (χ4v) is 1.30. The van der Waals surface area contributed by atoms with Crippen LogP contribution in [0.15, 0.2) is 0 Å². The summed E-state index contributed by atoms with van der Waals surface area (Å²) in [6.45, 7) is 7.96. The minimum atomic E-state index is 0.178. The Balaban J connectivity index is 0.000000671. The Morgan fingerprint density at radius 1 is 1.38 bits per heavy atom. The van der Waals surface area contributed by atoms with Crippen LogP contribution in [0, 0.1) is 0 Å². The Hall–Kier alpha value is -0.570. The van der Waals surface area contributed by atoms with E-state index in [1.807, 2.05) is 20.8 Å². The molecule has 0 bridgehead atoms. The largest absolute Gasteiger partial charge is 0.353 e. The molecule has 0 aromatic heterocycles. The first kappa shape index (κ1) is 12.4. The molecule has 3 heteroatoms. The monoisotopic (exact) mass is 186 g/mol. The van der Waals surface area contributed by atoms with Gasteiger partial charge in [-0.2, -0.15) is 0 Å². The number of nitrogens with one attached hydrogen (secondary N) is 2. The van der Waals surface area contributed by atoms with E-state index in [2.05, 4.69) is 10.6 Å². The molecular formula is C10H22N2O. The molecule has 0 unspecified atom stereocenters. The van der Waals surface area contributed by atoms with Crippen molar-refractivity contribution in [1.82, 2.24) is 10.6 Å². The maximum atomic E-state index is 10.9. The second kappa shape index (κ2) is 8.05. The normalized spacial score (nSPS) is 17.2. The summed E-state index contributed by atoms with van der Waals surface area (Å²) in [4.78, 5) is 10.9. The van der Waals surface area contributed by atoms with Gasteiger partial charge in [0, 0.05) is 12.5 Å². The summed E-state index contributed by atoms with van der Waals surface area (Å²) in [5.41, 5.74) is 0. The first-order valence-corrected chi connectivity index (χ1v) is 5.33. The lowest BCUT2D eigenvalue weighted by Crippen LogP contribution is -2.42. The van der Waals surface area contributed by atoms with Crippen molar-refractivity contribution in [1.29, 1.82) is 0 Å². The highest BCUT2D eigenvalue weighted by molar-refractivity contribution is 5.75. The number of hydrogen-bond acceptors (Lipinski definition) is 2. The van der Waals surface area contributed by atoms with Crippen molar-refractivity contribution in [3.05, 3.63) is 0 Å². The molecule has 78 valence electrons. The average Bonchev–Trinajstić information content (AvgIpc) is 2.22. The van der Waals surface area contributed by atoms with Crippen molar-refractivity contribution >= 4 is 5.91 Å². The molecule has 1 aliphatic rings. The summed E-state index contributed by atoms with van der Waals surface area (Å²) < 4.78 is 0. The third-order valence-corrected chi connectivity index (χ3v) is 2.03. The Morgan fingerprint density at radius 2 is 1.92 bits per heavy atom. The van der Waals surface area contributed by atoms with Crippen LogP contribution in [0.4, 0.5) is 0 Å². The molecule has 0 aromatic carbocycles. The second-order valence-corrected chi connectivity index (χ2v) is 2.95. The molecule has 0 aromatic rings. The van der Waals surface area contributed by atoms with Gasteiger partial charge in [-0.15, -0.1) is 0 Å². The van der Waals surface area contributed by atoms with Gasteiger partial charge in [0.15, 0.2) is 0 Å². The van der Waals surface area contributed by atoms with E-state index < -0.39 is 0 Å². The number of rotatable bonds is 2. The van der Waals surface area contributed by atoms with Crippen LogP contribution < -0.4 is 10.6 Å². The summed E-state index contributed by atoms with van der Waals surface area (Å²) >= 11 is 0. The standard InChI is InChI=1S/C8H16N2O.C2H6/c1-2-8(11)10-7-3-5-9-6-4-7;1-2/h7,9H,2-6H2,1H3,(H,10,11);1-2H3. The highest BCUT2D eigenvalue weighted by Crippen LogP contribution is 2.01. The van der Waals surface area contributed by atoms with Crippen LogP contribution in [0.5, 0.6) is 0 Å². The minimum absolute atomic E-state index is 0.178. The Bertz CT molecular complexity index is 131. The average molecular weight is 186 g/mol. The van der Waals surface area contributed by atoms with Gasteiger partial charge < -0.3 is 10.6 Å². The first-order valence-electron chi connectivity index (χ1n) is 5.33. The van der Waals surface area contributed by atoms with Crippen LogP contribution in [0.3, 0.4) is 0 Å². The number of amides is 1. The number of hydrogen-bond donors (Lipinski definition) is 2. The Labute approximate surface area is 81.3 Å². The highest BCUT2D eigenvalue weighted by atomic mass is 16.1. The Morgan fingerprint density at radius 3 is 2.38 bits per heavy atom. The van der Waals surface area contributed by atoms with Crippen LogP contribution in [0.25, 0.3) is 0 Å². The van der Waals surface area contributed by atoms with E-state index in [1.54, 1.807) is 0 Å². The summed E-state index contributed by atoms with van der Waals surface area (Å²) in [6.07, 6.45) is 2.75. The van der Waals surface area contributed by atoms with Gasteiger partial charge in [0.25, 0.3) is 0 Å². The van der Waals surface area contributed by atoms with E-state index in [9.17, 15) is 4.79 Å². The van der Waals surface area contributed by atoms with Crippen LogP contribution in [-0.4, -0.2) is 25.0 Å². The van der Waals surface area contributed by atoms with Crippen molar-refractivity contribution in [3.8, 4) is 0 Å². The van der Waals surface area contributed by atoms with E-state index >= 15 is 0 Å². The molecule has 1 aliphatic heterocycles.